The van der Waals surface area contributed by atoms with Crippen molar-refractivity contribution in [2.45, 2.75) is 61.2 Å². The molecule has 6 aromatic heterocycles. The molecule has 19 nitrogen and oxygen atoms in total. The number of hydrogen-bond acceptors (Lipinski definition) is 15. The van der Waals surface area contributed by atoms with E-state index < -0.39 is 78.6 Å². The highest BCUT2D eigenvalue weighted by Gasteiger charge is 2.32. The highest BCUT2D eigenvalue weighted by molar-refractivity contribution is 7.84. The topological polar surface area (TPSA) is 216 Å². The molecule has 0 saturated carbocycles. The van der Waals surface area contributed by atoms with E-state index in [1.54, 1.807) is 48.5 Å². The Hall–Kier alpha value is -8.33. The predicted molar refractivity (Wildman–Crippen MR) is 263 cm³/mol. The Bertz CT molecular complexity index is 3310. The minimum Gasteiger partial charge on any atom is -0.484 e. The van der Waals surface area contributed by atoms with Crippen LogP contribution in [0.5, 0.6) is 11.5 Å². The summed E-state index contributed by atoms with van der Waals surface area (Å²) < 4.78 is 129. The largest absolute Gasteiger partial charge is 0.508 e. The van der Waals surface area contributed by atoms with Crippen molar-refractivity contribution in [2.24, 2.45) is 0 Å². The molecule has 0 N–H and O–H groups in total. The summed E-state index contributed by atoms with van der Waals surface area (Å²) in [5.74, 6) is -0.844. The number of anilines is 2. The average Bonchev–Trinajstić information content (AvgIpc) is 4.01. The number of carbonyl (C=O) groups excluding carboxylic acids is 3. The van der Waals surface area contributed by atoms with E-state index in [9.17, 15) is 49.1 Å². The minimum absolute atomic E-state index is 0.0266. The van der Waals surface area contributed by atoms with E-state index in [0.717, 1.165) is 18.9 Å². The van der Waals surface area contributed by atoms with E-state index in [1.807, 2.05) is 0 Å². The number of pyridine rings is 4. The summed E-state index contributed by atoms with van der Waals surface area (Å²) in [6.07, 6.45) is -5.15. The maximum absolute atomic E-state index is 14.4. The predicted octanol–water partition coefficient (Wildman–Crippen LogP) is 9.14. The van der Waals surface area contributed by atoms with Crippen molar-refractivity contribution in [1.82, 2.24) is 39.0 Å². The minimum atomic E-state index is -4.60. The second-order valence-electron chi connectivity index (χ2n) is 16.5. The number of rotatable bonds is 16. The summed E-state index contributed by atoms with van der Waals surface area (Å²) in [7, 11) is -1.43. The molecule has 2 aromatic carbocycles. The molecule has 2 unspecified atom stereocenters. The summed E-state index contributed by atoms with van der Waals surface area (Å²) in [6, 6.07) is 20.1. The Kier molecular flexibility index (Phi) is 16.1. The lowest BCUT2D eigenvalue weighted by Crippen LogP contribution is -2.34. The van der Waals surface area contributed by atoms with Gasteiger partial charge in [0, 0.05) is 61.1 Å². The number of ether oxygens (including phenoxy) is 4. The maximum atomic E-state index is 14.4. The molecular formula is C49H42F6N10O9S2. The number of imidazole rings is 2. The lowest BCUT2D eigenvalue weighted by molar-refractivity contribution is -0.154. The zero-order chi connectivity index (χ0) is 54.5. The number of nitrogens with zero attached hydrogens (tertiary/aromatic N) is 10. The van der Waals surface area contributed by atoms with Gasteiger partial charge in [-0.1, -0.05) is 36.4 Å². The number of carbonyl (C=O) groups is 3. The van der Waals surface area contributed by atoms with Crippen molar-refractivity contribution in [3.8, 4) is 11.5 Å². The normalized spacial score (nSPS) is 12.6. The number of hydrogen-bond donors (Lipinski definition) is 0. The number of amides is 2. The Balaban J connectivity index is 0.953. The van der Waals surface area contributed by atoms with E-state index in [1.165, 1.54) is 89.1 Å². The molecule has 0 radical (unpaired) electrons. The Morgan fingerprint density at radius 3 is 1.34 bits per heavy atom. The summed E-state index contributed by atoms with van der Waals surface area (Å²) in [5, 5.41) is -0.384. The fourth-order valence-electron chi connectivity index (χ4n) is 7.59. The first-order valence-electron chi connectivity index (χ1n) is 22.4. The molecule has 27 heteroatoms. The average molecular weight is 1090 g/mol. The third kappa shape index (κ3) is 12.3. The van der Waals surface area contributed by atoms with Gasteiger partial charge < -0.3 is 18.9 Å². The summed E-state index contributed by atoms with van der Waals surface area (Å²) in [5.41, 5.74) is 2.37. The lowest BCUT2D eigenvalue weighted by atomic mass is 10.2. The second-order valence-corrected chi connectivity index (χ2v) is 19.2. The molecule has 0 aliphatic heterocycles. The number of fused-ring (bicyclic) bond motifs is 2. The van der Waals surface area contributed by atoms with Gasteiger partial charge in [-0.05, 0) is 62.4 Å². The number of benzene rings is 2. The van der Waals surface area contributed by atoms with E-state index in [2.05, 4.69) is 29.9 Å². The Morgan fingerprint density at radius 2 is 0.947 bits per heavy atom. The standard InChI is InChI=1S/C49H42F6N10O9S2/c1-29-35(56-21-17-39(29)73-27-48(50,51)52)25-75(69)43-60-33-13-5-7-15-37(33)64(43)45(66)62(3)41-31(11-9-19-58-41)23-71-47(68)72-24-32-12-10-20-59-42(32)63(4)46(67)65-38-16-8-6-14-34(38)61-44(65)76(70)26-36-30(2)40(18-22-57-36)74-28-49(53,54)55/h5-22H,23-28H2,1-4H3. The first-order valence-corrected chi connectivity index (χ1v) is 25.1. The van der Waals surface area contributed by atoms with Crippen LogP contribution in [0.15, 0.2) is 120 Å². The van der Waals surface area contributed by atoms with Crippen LogP contribution in [0, 0.1) is 13.8 Å². The van der Waals surface area contributed by atoms with Crippen molar-refractivity contribution in [2.75, 3.05) is 37.1 Å². The SMILES string of the molecule is Cc1c(OCC(F)(F)F)ccnc1CS(=O)c1nc2ccccc2n1C(=O)N(C)c1ncccc1COC(=O)OCc1cccnc1N(C)C(=O)n1c(S(=O)Cc2nccc(OCC(F)(F)F)c2C)nc2ccccc21. The first kappa shape index (κ1) is 53.9. The zero-order valence-corrected chi connectivity index (χ0v) is 42.0. The quantitative estimate of drug-likeness (QED) is 0.0651. The van der Waals surface area contributed by atoms with Crippen molar-refractivity contribution >= 4 is 73.5 Å². The fraction of sp³-hybridized carbons (Fsp3) is 0.245. The van der Waals surface area contributed by atoms with E-state index >= 15 is 0 Å². The first-order chi connectivity index (χ1) is 36.2. The molecule has 2 amide bonds. The highest BCUT2D eigenvalue weighted by atomic mass is 32.2. The molecule has 0 aliphatic rings. The molecule has 0 spiro atoms. The number of para-hydroxylation sites is 4. The van der Waals surface area contributed by atoms with Crippen molar-refractivity contribution in [3.63, 3.8) is 0 Å². The molecule has 8 aromatic rings. The molecule has 0 aliphatic carbocycles. The Morgan fingerprint density at radius 1 is 0.553 bits per heavy atom. The van der Waals surface area contributed by atoms with Crippen LogP contribution in [-0.2, 0) is 55.8 Å². The monoisotopic (exact) mass is 1090 g/mol. The van der Waals surface area contributed by atoms with Crippen LogP contribution in [0.25, 0.3) is 22.1 Å². The summed E-state index contributed by atoms with van der Waals surface area (Å²) >= 11 is 0. The number of alkyl halides is 6. The molecule has 8 rings (SSSR count). The summed E-state index contributed by atoms with van der Waals surface area (Å²) in [6.45, 7) is -1.08. The van der Waals surface area contributed by atoms with Gasteiger partial charge in [0.25, 0.3) is 0 Å². The van der Waals surface area contributed by atoms with Gasteiger partial charge >= 0.3 is 30.6 Å². The van der Waals surface area contributed by atoms with Gasteiger partial charge in [0.1, 0.15) is 36.3 Å². The highest BCUT2D eigenvalue weighted by Crippen LogP contribution is 2.30. The molecule has 396 valence electrons. The Labute approximate surface area is 432 Å². The molecule has 6 heterocycles. The molecular weight excluding hydrogens is 1050 g/mol. The third-order valence-corrected chi connectivity index (χ3v) is 13.8. The van der Waals surface area contributed by atoms with Gasteiger partial charge in [-0.25, -0.2) is 43.5 Å². The molecule has 2 atom stereocenters. The molecule has 0 saturated heterocycles. The van der Waals surface area contributed by atoms with Crippen molar-refractivity contribution in [1.29, 1.82) is 0 Å². The third-order valence-electron chi connectivity index (χ3n) is 11.3. The number of aromatic nitrogens is 8. The fourth-order valence-corrected chi connectivity index (χ4v) is 10.1. The maximum Gasteiger partial charge on any atom is 0.508 e. The van der Waals surface area contributed by atoms with E-state index in [-0.39, 0.29) is 89.6 Å². The van der Waals surface area contributed by atoms with Crippen molar-refractivity contribution in [3.05, 3.63) is 143 Å². The lowest BCUT2D eigenvalue weighted by Gasteiger charge is -2.21. The molecule has 0 bridgehead atoms. The number of halogens is 6. The van der Waals surface area contributed by atoms with Gasteiger partial charge in [-0.3, -0.25) is 28.2 Å². The smallest absolute Gasteiger partial charge is 0.484 e. The van der Waals surface area contributed by atoms with Crippen LogP contribution in [-0.4, -0.2) is 105 Å². The van der Waals surface area contributed by atoms with Gasteiger partial charge in [-0.15, -0.1) is 0 Å². The van der Waals surface area contributed by atoms with Crippen LogP contribution < -0.4 is 19.3 Å². The van der Waals surface area contributed by atoms with E-state index in [4.69, 9.17) is 18.9 Å². The molecule has 0 fully saturated rings. The zero-order valence-electron chi connectivity index (χ0n) is 40.4. The van der Waals surface area contributed by atoms with Crippen LogP contribution in [0.2, 0.25) is 0 Å². The summed E-state index contributed by atoms with van der Waals surface area (Å²) in [4.78, 5) is 70.4. The van der Waals surface area contributed by atoms with Crippen molar-refractivity contribution < 1.29 is 68.1 Å². The van der Waals surface area contributed by atoms with Crippen LogP contribution in [0.4, 0.5) is 52.4 Å². The van der Waals surface area contributed by atoms with Gasteiger partial charge in [-0.2, -0.15) is 26.3 Å². The van der Waals surface area contributed by atoms with Crippen LogP contribution in [0.3, 0.4) is 0 Å². The molecule has 76 heavy (non-hydrogen) atoms. The van der Waals surface area contributed by atoms with Gasteiger partial charge in [0.2, 0.25) is 10.3 Å². The van der Waals surface area contributed by atoms with Gasteiger partial charge in [0.15, 0.2) is 13.2 Å². The second kappa shape index (κ2) is 22.6. The van der Waals surface area contributed by atoms with E-state index in [0.29, 0.717) is 11.0 Å². The van der Waals surface area contributed by atoms with Crippen LogP contribution in [0.1, 0.15) is 33.6 Å². The van der Waals surface area contributed by atoms with Gasteiger partial charge in [0.05, 0.1) is 66.6 Å². The van der Waals surface area contributed by atoms with Crippen LogP contribution >= 0.6 is 0 Å².